The van der Waals surface area contributed by atoms with Crippen LogP contribution in [0.3, 0.4) is 0 Å². The third-order valence-electron chi connectivity index (χ3n) is 11.3. The summed E-state index contributed by atoms with van der Waals surface area (Å²) in [5.74, 6) is 0.532. The molecule has 1 saturated carbocycles. The first-order valence-electron chi connectivity index (χ1n) is 19.9. The van der Waals surface area contributed by atoms with E-state index in [1.54, 1.807) is 13.1 Å². The molecular weight excluding hydrogens is 748 g/mol. The number of benzene rings is 1. The quantitative estimate of drug-likeness (QED) is 0.267. The van der Waals surface area contributed by atoms with Crippen LogP contribution in [0.4, 0.5) is 11.5 Å². The van der Waals surface area contributed by atoms with Gasteiger partial charge in [-0.15, -0.1) is 10.2 Å². The Hall–Kier alpha value is -5.33. The second-order valence-electron chi connectivity index (χ2n) is 15.2. The number of nitrogens with one attached hydrogen (secondary N) is 2. The lowest BCUT2D eigenvalue weighted by atomic mass is 9.95. The van der Waals surface area contributed by atoms with Crippen LogP contribution in [0, 0.1) is 17.2 Å². The molecule has 1 aliphatic carbocycles. The van der Waals surface area contributed by atoms with Gasteiger partial charge in [-0.1, -0.05) is 30.9 Å². The molecule has 4 amide bonds. The molecule has 0 bridgehead atoms. The van der Waals surface area contributed by atoms with Crippen LogP contribution < -0.4 is 20.4 Å². The van der Waals surface area contributed by atoms with Crippen molar-refractivity contribution < 1.29 is 24.3 Å². The van der Waals surface area contributed by atoms with Gasteiger partial charge in [-0.05, 0) is 80.5 Å². The molecule has 4 fully saturated rings. The molecule has 1 unspecified atom stereocenters. The fourth-order valence-electron chi connectivity index (χ4n) is 7.83. The number of carbonyl (C=O) groups excluding carboxylic acids is 4. The highest BCUT2D eigenvalue weighted by Gasteiger charge is 2.32. The molecule has 3 saturated heterocycles. The minimum atomic E-state index is -0.624. The van der Waals surface area contributed by atoms with E-state index in [0.29, 0.717) is 29.3 Å². The van der Waals surface area contributed by atoms with Gasteiger partial charge in [0.25, 0.3) is 5.91 Å². The number of likely N-dealkylation sites (N-methyl/N-ethyl adjacent to an activating group) is 1. The zero-order valence-corrected chi connectivity index (χ0v) is 33.2. The number of phenols is 1. The summed E-state index contributed by atoms with van der Waals surface area (Å²) >= 11 is 5.55. The predicted molar refractivity (Wildman–Crippen MR) is 215 cm³/mol. The molecule has 302 valence electrons. The molecule has 0 radical (unpaired) electrons. The summed E-state index contributed by atoms with van der Waals surface area (Å²) in [4.78, 5) is 62.1. The summed E-state index contributed by atoms with van der Waals surface area (Å²) < 4.78 is 0. The van der Waals surface area contributed by atoms with Crippen molar-refractivity contribution in [1.82, 2.24) is 35.6 Å². The van der Waals surface area contributed by atoms with Crippen LogP contribution in [0.2, 0.25) is 5.02 Å². The van der Waals surface area contributed by atoms with Crippen molar-refractivity contribution in [2.45, 2.75) is 76.3 Å². The van der Waals surface area contributed by atoms with Crippen molar-refractivity contribution in [1.29, 1.82) is 5.26 Å². The Balaban J connectivity index is 0.000000479. The topological polar surface area (TPSA) is 188 Å². The molecule has 7 rings (SSSR count). The van der Waals surface area contributed by atoms with Gasteiger partial charge in [0.1, 0.15) is 17.9 Å². The van der Waals surface area contributed by atoms with Gasteiger partial charge in [-0.25, -0.2) is 0 Å². The largest absolute Gasteiger partial charge is 0.508 e. The highest BCUT2D eigenvalue weighted by atomic mass is 35.5. The third-order valence-corrected chi connectivity index (χ3v) is 11.6. The van der Waals surface area contributed by atoms with Gasteiger partial charge < -0.3 is 25.1 Å². The SMILES string of the molecule is CN(C(=O)Cc1ccc(N2CCN(CC3CCN(c4ccc(C(=O)NC5CCCCC5)nn4)CC3)CC2)cn1)C1CCC(=O)NC1=O.N#Cc1ccc(O)cc1Cl. The smallest absolute Gasteiger partial charge is 0.272 e. The third kappa shape index (κ3) is 11.4. The number of piperazine rings is 1. The number of aromatic nitrogens is 3. The van der Waals surface area contributed by atoms with E-state index in [2.05, 4.69) is 40.5 Å². The lowest BCUT2D eigenvalue weighted by Crippen LogP contribution is -2.53. The van der Waals surface area contributed by atoms with Gasteiger partial charge >= 0.3 is 0 Å². The number of aromatic hydroxyl groups is 1. The number of rotatable bonds is 9. The number of nitrogens with zero attached hydrogens (tertiary/aromatic N) is 8. The van der Waals surface area contributed by atoms with E-state index in [1.165, 1.54) is 42.4 Å². The van der Waals surface area contributed by atoms with Crippen LogP contribution in [-0.4, -0.2) is 119 Å². The summed E-state index contributed by atoms with van der Waals surface area (Å²) in [6.45, 7) is 6.81. The molecule has 16 heteroatoms. The number of hydrogen-bond acceptors (Lipinski definition) is 12. The highest BCUT2D eigenvalue weighted by Crippen LogP contribution is 2.25. The van der Waals surface area contributed by atoms with E-state index in [1.807, 2.05) is 30.5 Å². The van der Waals surface area contributed by atoms with Crippen molar-refractivity contribution in [3.8, 4) is 11.8 Å². The maximum atomic E-state index is 12.8. The molecule has 0 spiro atoms. The molecule has 4 aliphatic rings. The van der Waals surface area contributed by atoms with Crippen LogP contribution >= 0.6 is 11.6 Å². The second-order valence-corrected chi connectivity index (χ2v) is 15.6. The lowest BCUT2D eigenvalue weighted by molar-refractivity contribution is -0.144. The Morgan fingerprint density at radius 3 is 2.33 bits per heavy atom. The van der Waals surface area contributed by atoms with Crippen molar-refractivity contribution in [3.05, 3.63) is 70.6 Å². The highest BCUT2D eigenvalue weighted by molar-refractivity contribution is 6.31. The van der Waals surface area contributed by atoms with Gasteiger partial charge in [0.2, 0.25) is 17.7 Å². The number of anilines is 2. The van der Waals surface area contributed by atoms with Gasteiger partial charge in [0, 0.05) is 71.0 Å². The number of halogens is 1. The van der Waals surface area contributed by atoms with Gasteiger partial charge in [0.15, 0.2) is 11.5 Å². The number of pyridine rings is 1. The number of amides is 4. The summed E-state index contributed by atoms with van der Waals surface area (Å²) in [6.07, 6.45) is 10.4. The van der Waals surface area contributed by atoms with Gasteiger partial charge in [0.05, 0.1) is 28.9 Å². The molecule has 1 atom stereocenters. The van der Waals surface area contributed by atoms with E-state index in [9.17, 15) is 19.2 Å². The Labute approximate surface area is 338 Å². The maximum Gasteiger partial charge on any atom is 0.272 e. The zero-order chi connectivity index (χ0) is 40.3. The Kier molecular flexibility index (Phi) is 14.3. The number of phenolic OH excluding ortho intramolecular Hbond substituents is 1. The molecule has 3 aliphatic heterocycles. The van der Waals surface area contributed by atoms with E-state index in [4.69, 9.17) is 22.0 Å². The minimum absolute atomic E-state index is 0.0731. The fourth-order valence-corrected chi connectivity index (χ4v) is 8.04. The van der Waals surface area contributed by atoms with Crippen LogP contribution in [0.1, 0.15) is 79.5 Å². The molecule has 3 aromatic rings. The maximum absolute atomic E-state index is 12.8. The number of hydrogen-bond donors (Lipinski definition) is 3. The first kappa shape index (κ1) is 41.3. The van der Waals surface area contributed by atoms with E-state index >= 15 is 0 Å². The Morgan fingerprint density at radius 1 is 0.947 bits per heavy atom. The van der Waals surface area contributed by atoms with Crippen molar-refractivity contribution in [2.75, 3.05) is 62.7 Å². The minimum Gasteiger partial charge on any atom is -0.508 e. The Morgan fingerprint density at radius 2 is 1.70 bits per heavy atom. The molecule has 1 aromatic carbocycles. The number of carbonyl (C=O) groups is 4. The number of piperidine rings is 2. The normalized spacial score (nSPS) is 19.5. The van der Waals surface area contributed by atoms with Crippen LogP contribution in [0.15, 0.2) is 48.7 Å². The fraction of sp³-hybridized carbons (Fsp3) is 0.512. The summed E-state index contributed by atoms with van der Waals surface area (Å²) in [5.41, 5.74) is 2.47. The van der Waals surface area contributed by atoms with E-state index in [-0.39, 0.29) is 47.4 Å². The molecule has 57 heavy (non-hydrogen) atoms. The average Bonchev–Trinajstić information content (AvgIpc) is 3.22. The molecular formula is C41H51ClN10O5. The number of imide groups is 1. The predicted octanol–water partition coefficient (Wildman–Crippen LogP) is 3.70. The average molecular weight is 799 g/mol. The van der Waals surface area contributed by atoms with Crippen LogP contribution in [0.25, 0.3) is 0 Å². The van der Waals surface area contributed by atoms with E-state index < -0.39 is 11.9 Å². The Bertz CT molecular complexity index is 1900. The van der Waals surface area contributed by atoms with Gasteiger partial charge in [-0.3, -0.25) is 34.4 Å². The van der Waals surface area contributed by atoms with E-state index in [0.717, 1.165) is 83.0 Å². The molecule has 5 heterocycles. The lowest BCUT2D eigenvalue weighted by Gasteiger charge is -2.39. The van der Waals surface area contributed by atoms with Gasteiger partial charge in [-0.2, -0.15) is 5.26 Å². The van der Waals surface area contributed by atoms with Crippen LogP contribution in [0.5, 0.6) is 5.75 Å². The zero-order valence-electron chi connectivity index (χ0n) is 32.4. The standard InChI is InChI=1S/C34H47N9O4.C7H4ClNO/c1-40(29-10-12-31(44)37-34(29)47)32(45)21-26-7-8-27(22-35-26)42-19-17-41(18-20-42)23-24-13-15-43(16-14-24)30-11-9-28(38-39-30)33(46)36-25-5-3-2-4-6-25;8-7-3-6(10)2-1-5(7)4-9/h7-9,11,22,24-25,29H,2-6,10,12-21,23H2,1H3,(H,36,46)(H,37,44,47);1-3,10H. The van der Waals surface area contributed by atoms with Crippen molar-refractivity contribution >= 4 is 46.7 Å². The summed E-state index contributed by atoms with van der Waals surface area (Å²) in [6, 6.07) is 13.4. The monoisotopic (exact) mass is 798 g/mol. The second kappa shape index (κ2) is 19.7. The first-order chi connectivity index (χ1) is 27.6. The molecule has 15 nitrogen and oxygen atoms in total. The summed E-state index contributed by atoms with van der Waals surface area (Å²) in [5, 5.41) is 31.6. The van der Waals surface area contributed by atoms with Crippen LogP contribution in [-0.2, 0) is 20.8 Å². The van der Waals surface area contributed by atoms with Crippen molar-refractivity contribution in [3.63, 3.8) is 0 Å². The first-order valence-corrected chi connectivity index (χ1v) is 20.2. The van der Waals surface area contributed by atoms with Crippen molar-refractivity contribution in [2.24, 2.45) is 5.92 Å². The molecule has 2 aromatic heterocycles. The molecule has 3 N–H and O–H groups in total. The summed E-state index contributed by atoms with van der Waals surface area (Å²) in [7, 11) is 1.60. The number of nitriles is 1.